The number of alkyl halides is 3. The summed E-state index contributed by atoms with van der Waals surface area (Å²) in [6, 6.07) is 10.2. The number of aromatic nitrogens is 5. The lowest BCUT2D eigenvalue weighted by atomic mass is 9.51. The number of fused-ring (bicyclic) bond motifs is 1. The molecule has 0 radical (unpaired) electrons. The summed E-state index contributed by atoms with van der Waals surface area (Å²) in [6.07, 6.45) is 2.24. The van der Waals surface area contributed by atoms with E-state index in [1.165, 1.54) is 17.0 Å². The number of nitrogens with one attached hydrogen (secondary N) is 1. The van der Waals surface area contributed by atoms with E-state index in [1.54, 1.807) is 12.4 Å². The van der Waals surface area contributed by atoms with Gasteiger partial charge in [0, 0.05) is 13.6 Å². The number of aryl methyl sites for hydroxylation is 1. The predicted molar refractivity (Wildman–Crippen MR) is 142 cm³/mol. The van der Waals surface area contributed by atoms with E-state index in [4.69, 9.17) is 0 Å². The molecule has 4 aromatic rings. The second kappa shape index (κ2) is 9.01. The Morgan fingerprint density at radius 2 is 1.87 bits per heavy atom. The van der Waals surface area contributed by atoms with Gasteiger partial charge in [-0.05, 0) is 79.0 Å². The van der Waals surface area contributed by atoms with Crippen LogP contribution in [0.25, 0.3) is 16.6 Å². The molecule has 1 N–H and O–H groups in total. The molecule has 0 bridgehead atoms. The van der Waals surface area contributed by atoms with Crippen LogP contribution in [-0.4, -0.2) is 30.9 Å². The molecule has 0 spiro atoms. The van der Waals surface area contributed by atoms with Gasteiger partial charge < -0.3 is 9.88 Å². The highest BCUT2D eigenvalue weighted by atomic mass is 19.4. The fraction of sp³-hybridized carbons (Fsp3) is 0.448. The van der Waals surface area contributed by atoms with E-state index in [-0.39, 0.29) is 28.3 Å². The standard InChI is InChI=1S/C29H31F3N6O/c1-27(2)14-28(15-27,26-36-35-17-37(26)3)20-5-4-6-21(11-20)38-16-34-24-22(25(38)39)9-19(10-23(24)29(30,31)32)13-33-12-18-7-8-18/h4-6,9-11,16-18,33H,7-8,12-15H2,1-3H3. The molecule has 2 aliphatic carbocycles. The highest BCUT2D eigenvalue weighted by molar-refractivity contribution is 5.82. The summed E-state index contributed by atoms with van der Waals surface area (Å²) in [6.45, 7) is 5.43. The molecular weight excluding hydrogens is 505 g/mol. The molecule has 6 rings (SSSR count). The van der Waals surface area contributed by atoms with Crippen LogP contribution < -0.4 is 10.9 Å². The molecule has 2 aromatic heterocycles. The molecule has 10 heteroatoms. The zero-order valence-corrected chi connectivity index (χ0v) is 22.2. The van der Waals surface area contributed by atoms with Crippen molar-refractivity contribution < 1.29 is 13.2 Å². The molecule has 2 aliphatic rings. The van der Waals surface area contributed by atoms with Gasteiger partial charge >= 0.3 is 6.18 Å². The third kappa shape index (κ3) is 4.64. The Balaban J connectivity index is 1.44. The fourth-order valence-electron chi connectivity index (χ4n) is 6.28. The monoisotopic (exact) mass is 536 g/mol. The van der Waals surface area contributed by atoms with E-state index in [9.17, 15) is 18.0 Å². The molecule has 2 fully saturated rings. The summed E-state index contributed by atoms with van der Waals surface area (Å²) >= 11 is 0. The minimum absolute atomic E-state index is 0.0475. The van der Waals surface area contributed by atoms with Crippen LogP contribution in [-0.2, 0) is 25.2 Å². The molecule has 0 atom stereocenters. The topological polar surface area (TPSA) is 77.6 Å². The molecule has 0 aliphatic heterocycles. The largest absolute Gasteiger partial charge is 0.418 e. The van der Waals surface area contributed by atoms with E-state index < -0.39 is 17.3 Å². The number of benzene rings is 2. The Hall–Kier alpha value is -3.53. The minimum Gasteiger partial charge on any atom is -0.320 e. The molecule has 2 heterocycles. The predicted octanol–water partition coefficient (Wildman–Crippen LogP) is 5.14. The van der Waals surface area contributed by atoms with Crippen LogP contribution in [0.4, 0.5) is 13.2 Å². The molecule has 204 valence electrons. The summed E-state index contributed by atoms with van der Waals surface area (Å²) in [5.41, 5.74) is -0.0714. The maximum absolute atomic E-state index is 14.0. The van der Waals surface area contributed by atoms with Crippen molar-refractivity contribution in [3.63, 3.8) is 0 Å². The van der Waals surface area contributed by atoms with Crippen LogP contribution in [0.2, 0.25) is 0 Å². The summed E-state index contributed by atoms with van der Waals surface area (Å²) in [5.74, 6) is 1.44. The number of hydrogen-bond donors (Lipinski definition) is 1. The third-order valence-corrected chi connectivity index (χ3v) is 8.06. The van der Waals surface area contributed by atoms with Crippen molar-refractivity contribution in [2.24, 2.45) is 18.4 Å². The molecule has 0 amide bonds. The maximum Gasteiger partial charge on any atom is 0.418 e. The van der Waals surface area contributed by atoms with Crippen molar-refractivity contribution >= 4 is 10.9 Å². The van der Waals surface area contributed by atoms with Gasteiger partial charge in [-0.2, -0.15) is 13.2 Å². The minimum atomic E-state index is -4.63. The van der Waals surface area contributed by atoms with E-state index in [1.807, 2.05) is 29.8 Å². The summed E-state index contributed by atoms with van der Waals surface area (Å²) in [7, 11) is 1.92. The smallest absolute Gasteiger partial charge is 0.320 e. The maximum atomic E-state index is 14.0. The van der Waals surface area contributed by atoms with Gasteiger partial charge in [-0.3, -0.25) is 9.36 Å². The van der Waals surface area contributed by atoms with E-state index >= 15 is 0 Å². The molecular formula is C29H31F3N6O. The van der Waals surface area contributed by atoms with Crippen LogP contribution in [0.1, 0.15) is 62.0 Å². The van der Waals surface area contributed by atoms with E-state index in [0.717, 1.165) is 49.7 Å². The van der Waals surface area contributed by atoms with Gasteiger partial charge in [-0.25, -0.2) is 4.98 Å². The second-order valence-corrected chi connectivity index (χ2v) is 11.9. The van der Waals surface area contributed by atoms with Gasteiger partial charge in [-0.15, -0.1) is 10.2 Å². The first kappa shape index (κ1) is 25.7. The third-order valence-electron chi connectivity index (χ3n) is 8.06. The Labute approximate surface area is 224 Å². The molecule has 2 aromatic carbocycles. The SMILES string of the molecule is Cn1cnnc1C1(c2cccc(-n3cnc4c(C(F)(F)F)cc(CNCC5CC5)cc4c3=O)c2)CC(C)(C)C1. The van der Waals surface area contributed by atoms with Crippen molar-refractivity contribution in [3.05, 3.63) is 81.9 Å². The summed E-state index contributed by atoms with van der Waals surface area (Å²) in [5, 5.41) is 11.7. The number of halogens is 3. The fourth-order valence-corrected chi connectivity index (χ4v) is 6.28. The average molecular weight is 537 g/mol. The van der Waals surface area contributed by atoms with Gasteiger partial charge in [0.2, 0.25) is 0 Å². The first-order chi connectivity index (χ1) is 18.5. The highest BCUT2D eigenvalue weighted by Crippen LogP contribution is 2.58. The Kier molecular flexibility index (Phi) is 5.94. The van der Waals surface area contributed by atoms with Crippen molar-refractivity contribution in [2.75, 3.05) is 6.54 Å². The lowest BCUT2D eigenvalue weighted by molar-refractivity contribution is -0.136. The zero-order valence-electron chi connectivity index (χ0n) is 22.2. The lowest BCUT2D eigenvalue weighted by Gasteiger charge is -2.52. The molecule has 2 saturated carbocycles. The van der Waals surface area contributed by atoms with Crippen LogP contribution in [0.3, 0.4) is 0 Å². The van der Waals surface area contributed by atoms with Crippen molar-refractivity contribution in [2.45, 2.75) is 57.7 Å². The first-order valence-electron chi connectivity index (χ1n) is 13.2. The van der Waals surface area contributed by atoms with Crippen molar-refractivity contribution in [3.8, 4) is 5.69 Å². The van der Waals surface area contributed by atoms with Gasteiger partial charge in [0.25, 0.3) is 5.56 Å². The second-order valence-electron chi connectivity index (χ2n) is 11.9. The van der Waals surface area contributed by atoms with Crippen LogP contribution in [0, 0.1) is 11.3 Å². The Bertz CT molecular complexity index is 1610. The number of hydrogen-bond acceptors (Lipinski definition) is 5. The van der Waals surface area contributed by atoms with Gasteiger partial charge in [-0.1, -0.05) is 26.0 Å². The molecule has 7 nitrogen and oxygen atoms in total. The van der Waals surface area contributed by atoms with Gasteiger partial charge in [0.15, 0.2) is 0 Å². The normalized spacial score (nSPS) is 18.3. The summed E-state index contributed by atoms with van der Waals surface area (Å²) in [4.78, 5) is 17.8. The Morgan fingerprint density at radius 3 is 2.51 bits per heavy atom. The zero-order chi connectivity index (χ0) is 27.6. The molecule has 0 unspecified atom stereocenters. The van der Waals surface area contributed by atoms with Crippen molar-refractivity contribution in [1.29, 1.82) is 0 Å². The first-order valence-corrected chi connectivity index (χ1v) is 13.2. The Morgan fingerprint density at radius 1 is 1.10 bits per heavy atom. The number of nitrogens with zero attached hydrogens (tertiary/aromatic N) is 5. The lowest BCUT2D eigenvalue weighted by Crippen LogP contribution is -2.49. The van der Waals surface area contributed by atoms with Crippen LogP contribution in [0.5, 0.6) is 0 Å². The average Bonchev–Trinajstić information content (AvgIpc) is 3.59. The number of rotatable bonds is 7. The molecule has 0 saturated heterocycles. The van der Waals surface area contributed by atoms with E-state index in [0.29, 0.717) is 17.2 Å². The highest BCUT2D eigenvalue weighted by Gasteiger charge is 2.54. The quantitative estimate of drug-likeness (QED) is 0.354. The van der Waals surface area contributed by atoms with Gasteiger partial charge in [0.05, 0.1) is 27.6 Å². The molecule has 39 heavy (non-hydrogen) atoms. The van der Waals surface area contributed by atoms with Crippen LogP contribution >= 0.6 is 0 Å². The van der Waals surface area contributed by atoms with E-state index in [2.05, 4.69) is 34.3 Å². The summed E-state index contributed by atoms with van der Waals surface area (Å²) < 4.78 is 45.2. The van der Waals surface area contributed by atoms with Crippen LogP contribution in [0.15, 0.2) is 53.8 Å². The van der Waals surface area contributed by atoms with Gasteiger partial charge in [0.1, 0.15) is 18.5 Å². The van der Waals surface area contributed by atoms with Crippen molar-refractivity contribution in [1.82, 2.24) is 29.6 Å².